The van der Waals surface area contributed by atoms with E-state index in [9.17, 15) is 4.79 Å². The van der Waals surface area contributed by atoms with Crippen molar-refractivity contribution in [1.82, 2.24) is 14.3 Å². The van der Waals surface area contributed by atoms with Crippen molar-refractivity contribution in [1.29, 1.82) is 0 Å². The van der Waals surface area contributed by atoms with Gasteiger partial charge in [0, 0.05) is 16.9 Å². The molecule has 0 aliphatic carbocycles. The topological polar surface area (TPSA) is 93.8 Å². The van der Waals surface area contributed by atoms with Crippen LogP contribution in [0.2, 0.25) is 0 Å². The number of nitrogens with zero attached hydrogens (tertiary/aromatic N) is 3. The Morgan fingerprint density at radius 3 is 2.82 bits per heavy atom. The number of carbonyl (C=O) groups is 1. The van der Waals surface area contributed by atoms with Crippen LogP contribution in [0.15, 0.2) is 5.38 Å². The summed E-state index contributed by atoms with van der Waals surface area (Å²) in [7, 11) is 0. The molecule has 1 amide bonds. The van der Waals surface area contributed by atoms with E-state index in [4.69, 9.17) is 5.73 Å². The van der Waals surface area contributed by atoms with Gasteiger partial charge in [0.1, 0.15) is 16.5 Å². The molecular weight excluding hydrogens is 258 g/mol. The van der Waals surface area contributed by atoms with Crippen molar-refractivity contribution in [2.45, 2.75) is 19.9 Å². The van der Waals surface area contributed by atoms with E-state index in [0.717, 1.165) is 16.5 Å². The van der Waals surface area contributed by atoms with Crippen LogP contribution in [0.5, 0.6) is 0 Å². The zero-order valence-electron chi connectivity index (χ0n) is 9.30. The summed E-state index contributed by atoms with van der Waals surface area (Å²) in [6.07, 6.45) is 0. The van der Waals surface area contributed by atoms with Crippen molar-refractivity contribution in [3.8, 4) is 0 Å². The van der Waals surface area contributed by atoms with Gasteiger partial charge in [0.05, 0.1) is 6.04 Å². The highest BCUT2D eigenvalue weighted by molar-refractivity contribution is 7.10. The minimum Gasteiger partial charge on any atom is -0.322 e. The van der Waals surface area contributed by atoms with Crippen LogP contribution >= 0.6 is 22.9 Å². The summed E-state index contributed by atoms with van der Waals surface area (Å²) in [6.45, 7) is 3.60. The van der Waals surface area contributed by atoms with Gasteiger partial charge in [-0.2, -0.15) is 4.37 Å². The number of nitrogens with two attached hydrogens (primary N) is 1. The first kappa shape index (κ1) is 12.1. The van der Waals surface area contributed by atoms with Crippen molar-refractivity contribution < 1.29 is 4.79 Å². The molecule has 1 unspecified atom stereocenters. The van der Waals surface area contributed by atoms with Gasteiger partial charge in [-0.25, -0.2) is 9.97 Å². The lowest BCUT2D eigenvalue weighted by atomic mass is 10.4. The Bertz CT molecular complexity index is 533. The van der Waals surface area contributed by atoms with Crippen molar-refractivity contribution in [3.63, 3.8) is 0 Å². The van der Waals surface area contributed by atoms with E-state index < -0.39 is 0 Å². The van der Waals surface area contributed by atoms with Crippen LogP contribution in [-0.2, 0) is 0 Å². The zero-order chi connectivity index (χ0) is 12.4. The molecule has 0 fully saturated rings. The molecule has 0 bridgehead atoms. The fourth-order valence-electron chi connectivity index (χ4n) is 1.11. The third-order valence-corrected chi connectivity index (χ3v) is 3.66. The molecule has 90 valence electrons. The molecule has 2 aromatic heterocycles. The minimum atomic E-state index is -0.288. The average Bonchev–Trinajstić information content (AvgIpc) is 2.86. The standard InChI is InChI=1S/C9H11N5OS2/c1-4(10)8-12-6(3-16-8)7(15)13-9-11-5(2)14-17-9/h3-4H,10H2,1-2H3,(H,11,13,14,15). The van der Waals surface area contributed by atoms with Crippen molar-refractivity contribution in [3.05, 3.63) is 21.9 Å². The summed E-state index contributed by atoms with van der Waals surface area (Å²) in [5.41, 5.74) is 6.04. The largest absolute Gasteiger partial charge is 0.322 e. The minimum absolute atomic E-state index is 0.162. The van der Waals surface area contributed by atoms with Crippen molar-refractivity contribution >= 4 is 33.9 Å². The van der Waals surface area contributed by atoms with Crippen molar-refractivity contribution in [2.75, 3.05) is 5.32 Å². The summed E-state index contributed by atoms with van der Waals surface area (Å²) in [5, 5.41) is 5.54. The lowest BCUT2D eigenvalue weighted by Gasteiger charge is -1.98. The number of amides is 1. The Kier molecular flexibility index (Phi) is 3.46. The second kappa shape index (κ2) is 4.86. The van der Waals surface area contributed by atoms with E-state index in [1.54, 1.807) is 12.3 Å². The predicted molar refractivity (Wildman–Crippen MR) is 67.3 cm³/mol. The molecular formula is C9H11N5OS2. The molecule has 0 saturated carbocycles. The molecule has 1 atom stereocenters. The monoisotopic (exact) mass is 269 g/mol. The first-order valence-corrected chi connectivity index (χ1v) is 6.54. The SMILES string of the molecule is Cc1nsc(NC(=O)c2csc(C(C)N)n2)n1. The van der Waals surface area contributed by atoms with E-state index >= 15 is 0 Å². The Balaban J connectivity index is 2.09. The fraction of sp³-hybridized carbons (Fsp3) is 0.333. The summed E-state index contributed by atoms with van der Waals surface area (Å²) in [5.74, 6) is 0.351. The van der Waals surface area contributed by atoms with Gasteiger partial charge in [0.2, 0.25) is 5.13 Å². The highest BCUT2D eigenvalue weighted by Crippen LogP contribution is 2.17. The van der Waals surface area contributed by atoms with Crippen LogP contribution in [-0.4, -0.2) is 20.2 Å². The van der Waals surface area contributed by atoms with Gasteiger partial charge in [0.15, 0.2) is 0 Å². The molecule has 0 aromatic carbocycles. The molecule has 2 rings (SSSR count). The van der Waals surface area contributed by atoms with Crippen molar-refractivity contribution in [2.24, 2.45) is 5.73 Å². The number of nitrogens with one attached hydrogen (secondary N) is 1. The summed E-state index contributed by atoms with van der Waals surface area (Å²) >= 11 is 2.52. The van der Waals surface area contributed by atoms with E-state index in [-0.39, 0.29) is 11.9 Å². The number of hydrogen-bond acceptors (Lipinski definition) is 7. The normalized spacial score (nSPS) is 12.4. The fourth-order valence-corrected chi connectivity index (χ4v) is 2.44. The van der Waals surface area contributed by atoms with Crippen LogP contribution in [0.4, 0.5) is 5.13 Å². The van der Waals surface area contributed by atoms with Crippen LogP contribution in [0.25, 0.3) is 0 Å². The van der Waals surface area contributed by atoms with Gasteiger partial charge in [-0.15, -0.1) is 11.3 Å². The number of aromatic nitrogens is 3. The number of anilines is 1. The van der Waals surface area contributed by atoms with E-state index in [2.05, 4.69) is 19.7 Å². The summed E-state index contributed by atoms with van der Waals surface area (Å²) < 4.78 is 3.97. The number of rotatable bonds is 3. The molecule has 0 aliphatic rings. The van der Waals surface area contributed by atoms with E-state index in [0.29, 0.717) is 16.6 Å². The zero-order valence-corrected chi connectivity index (χ0v) is 10.9. The molecule has 0 aliphatic heterocycles. The summed E-state index contributed by atoms with van der Waals surface area (Å²) in [6, 6.07) is -0.162. The average molecular weight is 269 g/mol. The van der Waals surface area contributed by atoms with Gasteiger partial charge >= 0.3 is 0 Å². The Labute approximate surface area is 106 Å². The molecule has 0 radical (unpaired) electrons. The highest BCUT2D eigenvalue weighted by atomic mass is 32.1. The highest BCUT2D eigenvalue weighted by Gasteiger charge is 2.14. The number of carbonyl (C=O) groups excluding carboxylic acids is 1. The molecule has 0 spiro atoms. The maximum atomic E-state index is 11.8. The lowest BCUT2D eigenvalue weighted by molar-refractivity contribution is 0.102. The van der Waals surface area contributed by atoms with Gasteiger partial charge < -0.3 is 5.73 Å². The smallest absolute Gasteiger partial charge is 0.276 e. The van der Waals surface area contributed by atoms with Crippen LogP contribution in [0, 0.1) is 6.92 Å². The third kappa shape index (κ3) is 2.84. The second-order valence-electron chi connectivity index (χ2n) is 3.46. The van der Waals surface area contributed by atoms with Gasteiger partial charge in [-0.3, -0.25) is 10.1 Å². The molecule has 3 N–H and O–H groups in total. The van der Waals surface area contributed by atoms with Gasteiger partial charge in [-0.1, -0.05) is 0 Å². The quantitative estimate of drug-likeness (QED) is 0.882. The van der Waals surface area contributed by atoms with Gasteiger partial charge in [-0.05, 0) is 13.8 Å². The summed E-state index contributed by atoms with van der Waals surface area (Å²) in [4.78, 5) is 20.0. The maximum absolute atomic E-state index is 11.8. The van der Waals surface area contributed by atoms with E-state index in [1.165, 1.54) is 11.3 Å². The number of thiazole rings is 1. The first-order valence-electron chi connectivity index (χ1n) is 4.89. The predicted octanol–water partition coefficient (Wildman–Crippen LogP) is 1.58. The number of aryl methyl sites for hydroxylation is 1. The molecule has 17 heavy (non-hydrogen) atoms. The maximum Gasteiger partial charge on any atom is 0.276 e. The Morgan fingerprint density at radius 1 is 1.53 bits per heavy atom. The van der Waals surface area contributed by atoms with Gasteiger partial charge in [0.25, 0.3) is 5.91 Å². The Hall–Kier alpha value is -1.38. The van der Waals surface area contributed by atoms with Crippen LogP contribution in [0.1, 0.15) is 34.3 Å². The molecule has 2 heterocycles. The number of hydrogen-bond donors (Lipinski definition) is 2. The van der Waals surface area contributed by atoms with Crippen LogP contribution < -0.4 is 11.1 Å². The molecule has 2 aromatic rings. The Morgan fingerprint density at radius 2 is 2.29 bits per heavy atom. The van der Waals surface area contributed by atoms with E-state index in [1.807, 2.05) is 6.92 Å². The second-order valence-corrected chi connectivity index (χ2v) is 5.10. The first-order chi connectivity index (χ1) is 8.06. The lowest BCUT2D eigenvalue weighted by Crippen LogP contribution is -2.13. The molecule has 0 saturated heterocycles. The molecule has 8 heteroatoms. The molecule has 6 nitrogen and oxygen atoms in total. The third-order valence-electron chi connectivity index (χ3n) is 1.89. The van der Waals surface area contributed by atoms with Crippen LogP contribution in [0.3, 0.4) is 0 Å².